The molecule has 0 aliphatic carbocycles. The molecule has 0 fully saturated rings. The zero-order valence-electron chi connectivity index (χ0n) is 8.23. The minimum absolute atomic E-state index is 0.705. The maximum absolute atomic E-state index is 10.6. The van der Waals surface area contributed by atoms with E-state index < -0.39 is 0 Å². The van der Waals surface area contributed by atoms with E-state index in [0.29, 0.717) is 5.56 Å². The van der Waals surface area contributed by atoms with Gasteiger partial charge in [0.15, 0.2) is 5.16 Å². The van der Waals surface area contributed by atoms with Crippen LogP contribution in [0, 0.1) is 6.92 Å². The molecule has 1 N–H and O–H groups in total. The van der Waals surface area contributed by atoms with Crippen LogP contribution in [-0.2, 0) is 0 Å². The number of benzene rings is 1. The molecule has 0 saturated heterocycles. The second-order valence-electron chi connectivity index (χ2n) is 3.14. The van der Waals surface area contributed by atoms with E-state index in [0.717, 1.165) is 21.9 Å². The van der Waals surface area contributed by atoms with Crippen molar-refractivity contribution in [1.29, 1.82) is 0 Å². The first kappa shape index (κ1) is 9.98. The molecule has 0 atom stereocenters. The Balaban J connectivity index is 2.26. The highest BCUT2D eigenvalue weighted by Crippen LogP contribution is 2.27. The summed E-state index contributed by atoms with van der Waals surface area (Å²) in [5.74, 6) is 0. The number of hydrogen-bond donors (Lipinski definition) is 1. The molecule has 15 heavy (non-hydrogen) atoms. The van der Waals surface area contributed by atoms with Gasteiger partial charge in [-0.25, -0.2) is 4.98 Å². The highest BCUT2D eigenvalue weighted by atomic mass is 32.2. The van der Waals surface area contributed by atoms with Crippen LogP contribution in [0.2, 0.25) is 0 Å². The third-order valence-electron chi connectivity index (χ3n) is 2.01. The predicted octanol–water partition coefficient (Wildman–Crippen LogP) is 2.68. The maximum atomic E-state index is 10.6. The second kappa shape index (κ2) is 4.31. The number of nitrogens with zero attached hydrogens (tertiary/aromatic N) is 1. The summed E-state index contributed by atoms with van der Waals surface area (Å²) < 4.78 is 0. The summed E-state index contributed by atoms with van der Waals surface area (Å²) in [5, 5.41) is 0.858. The van der Waals surface area contributed by atoms with Gasteiger partial charge >= 0.3 is 0 Å². The van der Waals surface area contributed by atoms with Crippen molar-refractivity contribution < 1.29 is 4.79 Å². The van der Waals surface area contributed by atoms with E-state index in [2.05, 4.69) is 9.97 Å². The second-order valence-corrected chi connectivity index (χ2v) is 4.17. The van der Waals surface area contributed by atoms with E-state index in [1.54, 1.807) is 24.2 Å². The predicted molar refractivity (Wildman–Crippen MR) is 59.3 cm³/mol. The number of aromatic nitrogens is 2. The molecule has 0 aliphatic rings. The van der Waals surface area contributed by atoms with Gasteiger partial charge in [-0.1, -0.05) is 17.8 Å². The lowest BCUT2D eigenvalue weighted by Crippen LogP contribution is -1.85. The fourth-order valence-corrected chi connectivity index (χ4v) is 2.08. The Bertz CT molecular complexity index is 465. The van der Waals surface area contributed by atoms with Crippen LogP contribution in [0.3, 0.4) is 0 Å². The van der Waals surface area contributed by atoms with E-state index in [9.17, 15) is 4.79 Å². The number of aryl methyl sites for hydroxylation is 1. The first-order valence-electron chi connectivity index (χ1n) is 4.52. The third-order valence-corrected chi connectivity index (χ3v) is 3.11. The SMILES string of the molecule is Cc1cc(C=O)ccc1Sc1ncc[nH]1. The molecule has 0 radical (unpaired) electrons. The van der Waals surface area contributed by atoms with Gasteiger partial charge in [-0.2, -0.15) is 0 Å². The minimum atomic E-state index is 0.705. The molecular weight excluding hydrogens is 208 g/mol. The van der Waals surface area contributed by atoms with Crippen LogP contribution in [-0.4, -0.2) is 16.3 Å². The van der Waals surface area contributed by atoms with Gasteiger partial charge in [0.2, 0.25) is 0 Å². The Morgan fingerprint density at radius 2 is 2.33 bits per heavy atom. The molecule has 76 valence electrons. The number of nitrogens with one attached hydrogen (secondary N) is 1. The largest absolute Gasteiger partial charge is 0.339 e. The first-order valence-corrected chi connectivity index (χ1v) is 5.34. The lowest BCUT2D eigenvalue weighted by Gasteiger charge is -2.03. The monoisotopic (exact) mass is 218 g/mol. The Hall–Kier alpha value is -1.55. The van der Waals surface area contributed by atoms with E-state index in [4.69, 9.17) is 0 Å². The molecule has 1 heterocycles. The Labute approximate surface area is 91.9 Å². The number of imidazole rings is 1. The molecule has 1 aromatic carbocycles. The number of hydrogen-bond acceptors (Lipinski definition) is 3. The van der Waals surface area contributed by atoms with E-state index in [1.165, 1.54) is 0 Å². The summed E-state index contributed by atoms with van der Waals surface area (Å²) in [6, 6.07) is 5.62. The van der Waals surface area contributed by atoms with Crippen molar-refractivity contribution in [2.24, 2.45) is 0 Å². The number of aldehydes is 1. The summed E-state index contributed by atoms with van der Waals surface area (Å²) in [6.45, 7) is 1.98. The topological polar surface area (TPSA) is 45.8 Å². The van der Waals surface area contributed by atoms with Gasteiger partial charge in [0.1, 0.15) is 6.29 Å². The van der Waals surface area contributed by atoms with Crippen LogP contribution in [0.25, 0.3) is 0 Å². The lowest BCUT2D eigenvalue weighted by atomic mass is 10.2. The van der Waals surface area contributed by atoms with Gasteiger partial charge in [0.05, 0.1) is 0 Å². The number of carbonyl (C=O) groups excluding carboxylic acids is 1. The summed E-state index contributed by atoms with van der Waals surface area (Å²) in [4.78, 5) is 18.8. The molecule has 4 heteroatoms. The van der Waals surface area contributed by atoms with Gasteiger partial charge in [-0.05, 0) is 24.6 Å². The minimum Gasteiger partial charge on any atom is -0.339 e. The molecule has 0 unspecified atom stereocenters. The summed E-state index contributed by atoms with van der Waals surface area (Å²) in [6.07, 6.45) is 4.36. The van der Waals surface area contributed by atoms with Crippen LogP contribution < -0.4 is 0 Å². The third kappa shape index (κ3) is 2.27. The molecule has 0 saturated carbocycles. The van der Waals surface area contributed by atoms with Gasteiger partial charge in [0.25, 0.3) is 0 Å². The number of rotatable bonds is 3. The van der Waals surface area contributed by atoms with Crippen molar-refractivity contribution in [1.82, 2.24) is 9.97 Å². The highest BCUT2D eigenvalue weighted by Gasteiger charge is 2.03. The first-order chi connectivity index (χ1) is 7.29. The Morgan fingerprint density at radius 3 is 2.93 bits per heavy atom. The van der Waals surface area contributed by atoms with Crippen LogP contribution in [0.15, 0.2) is 40.6 Å². The number of aromatic amines is 1. The zero-order valence-corrected chi connectivity index (χ0v) is 9.04. The standard InChI is InChI=1S/C11H10N2OS/c1-8-6-9(7-14)2-3-10(8)15-11-12-4-5-13-11/h2-7H,1H3,(H,12,13). The van der Waals surface area contributed by atoms with Gasteiger partial charge in [-0.3, -0.25) is 4.79 Å². The van der Waals surface area contributed by atoms with Crippen molar-refractivity contribution in [3.05, 3.63) is 41.7 Å². The van der Waals surface area contributed by atoms with Gasteiger partial charge in [0, 0.05) is 22.9 Å². The van der Waals surface area contributed by atoms with Crippen LogP contribution in [0.4, 0.5) is 0 Å². The van der Waals surface area contributed by atoms with Crippen molar-refractivity contribution in [2.45, 2.75) is 17.0 Å². The normalized spacial score (nSPS) is 10.2. The number of H-pyrrole nitrogens is 1. The fraction of sp³-hybridized carbons (Fsp3) is 0.0909. The van der Waals surface area contributed by atoms with Crippen LogP contribution in [0.5, 0.6) is 0 Å². The van der Waals surface area contributed by atoms with Gasteiger partial charge in [-0.15, -0.1) is 0 Å². The average molecular weight is 218 g/mol. The molecule has 0 aliphatic heterocycles. The van der Waals surface area contributed by atoms with E-state index in [-0.39, 0.29) is 0 Å². The van der Waals surface area contributed by atoms with E-state index >= 15 is 0 Å². The maximum Gasteiger partial charge on any atom is 0.170 e. The molecule has 2 rings (SSSR count). The lowest BCUT2D eigenvalue weighted by molar-refractivity contribution is 0.112. The summed E-state index contributed by atoms with van der Waals surface area (Å²) >= 11 is 1.56. The highest BCUT2D eigenvalue weighted by molar-refractivity contribution is 7.99. The Kier molecular flexibility index (Phi) is 2.87. The molecular formula is C11H10N2OS. The van der Waals surface area contributed by atoms with Crippen molar-refractivity contribution in [3.8, 4) is 0 Å². The Morgan fingerprint density at radius 1 is 1.47 bits per heavy atom. The molecule has 2 aromatic rings. The quantitative estimate of drug-likeness (QED) is 0.806. The molecule has 0 spiro atoms. The number of carbonyl (C=O) groups is 1. The van der Waals surface area contributed by atoms with Crippen LogP contribution >= 0.6 is 11.8 Å². The van der Waals surface area contributed by atoms with Crippen molar-refractivity contribution in [2.75, 3.05) is 0 Å². The molecule has 3 nitrogen and oxygen atoms in total. The fourth-order valence-electron chi connectivity index (χ4n) is 1.27. The van der Waals surface area contributed by atoms with Gasteiger partial charge < -0.3 is 4.98 Å². The summed E-state index contributed by atoms with van der Waals surface area (Å²) in [5.41, 5.74) is 1.79. The summed E-state index contributed by atoms with van der Waals surface area (Å²) in [7, 11) is 0. The smallest absolute Gasteiger partial charge is 0.170 e. The van der Waals surface area contributed by atoms with Crippen molar-refractivity contribution in [3.63, 3.8) is 0 Å². The van der Waals surface area contributed by atoms with Crippen molar-refractivity contribution >= 4 is 18.0 Å². The average Bonchev–Trinajstić information content (AvgIpc) is 2.74. The molecule has 0 amide bonds. The molecule has 0 bridgehead atoms. The zero-order chi connectivity index (χ0) is 10.7. The van der Waals surface area contributed by atoms with E-state index in [1.807, 2.05) is 25.1 Å². The van der Waals surface area contributed by atoms with Crippen LogP contribution in [0.1, 0.15) is 15.9 Å². The molecule has 1 aromatic heterocycles.